The molecule has 0 aliphatic carbocycles. The Kier molecular flexibility index (Phi) is 3.74. The number of amides is 1. The van der Waals surface area contributed by atoms with Gasteiger partial charge < -0.3 is 5.32 Å². The summed E-state index contributed by atoms with van der Waals surface area (Å²) in [4.78, 5) is 16.4. The number of hydrogen-bond donors (Lipinski definition) is 1. The first kappa shape index (κ1) is 12.0. The number of carbonyl (C=O) groups excluding carboxylic acids is 1. The highest BCUT2D eigenvalue weighted by Crippen LogP contribution is 2.16. The maximum Gasteiger partial charge on any atom is 0.270 e. The van der Waals surface area contributed by atoms with E-state index in [1.165, 1.54) is 0 Å². The Bertz CT molecular complexity index is 534. The molecular weight excluding hydrogens is 280 g/mol. The van der Waals surface area contributed by atoms with Crippen molar-refractivity contribution in [1.82, 2.24) is 10.3 Å². The maximum atomic E-state index is 12.0. The van der Waals surface area contributed by atoms with Crippen LogP contribution in [0.4, 0.5) is 0 Å². The first-order valence-corrected chi connectivity index (χ1v) is 6.36. The number of rotatable bonds is 3. The summed E-state index contributed by atoms with van der Waals surface area (Å²) < 4.78 is 0. The molecule has 1 heterocycles. The molecule has 0 aliphatic rings. The molecule has 17 heavy (non-hydrogen) atoms. The molecule has 0 radical (unpaired) electrons. The Hall–Kier alpha value is -1.42. The number of carbonyl (C=O) groups is 1. The van der Waals surface area contributed by atoms with E-state index < -0.39 is 0 Å². The number of fused-ring (bicyclic) bond motifs is 1. The molecule has 0 fully saturated rings. The van der Waals surface area contributed by atoms with E-state index in [-0.39, 0.29) is 10.7 Å². The number of halogens is 1. The third-order valence-electron chi connectivity index (χ3n) is 2.43. The Morgan fingerprint density at radius 3 is 2.94 bits per heavy atom. The Balaban J connectivity index is 2.32. The average molecular weight is 293 g/mol. The van der Waals surface area contributed by atoms with E-state index in [9.17, 15) is 4.79 Å². The van der Waals surface area contributed by atoms with Crippen molar-refractivity contribution in [3.63, 3.8) is 0 Å². The van der Waals surface area contributed by atoms with Crippen molar-refractivity contribution in [1.29, 1.82) is 0 Å². The van der Waals surface area contributed by atoms with Gasteiger partial charge in [-0.05, 0) is 11.5 Å². The molecular formula is C13H13BrN2O. The van der Waals surface area contributed by atoms with Gasteiger partial charge in [0.25, 0.3) is 5.91 Å². The van der Waals surface area contributed by atoms with E-state index in [4.69, 9.17) is 0 Å². The lowest BCUT2D eigenvalue weighted by Crippen LogP contribution is -2.29. The Morgan fingerprint density at radius 2 is 2.18 bits per heavy atom. The van der Waals surface area contributed by atoms with Crippen molar-refractivity contribution in [2.45, 2.75) is 11.8 Å². The minimum Gasteiger partial charge on any atom is -0.350 e. The zero-order valence-electron chi connectivity index (χ0n) is 9.48. The molecule has 1 atom stereocenters. The lowest BCUT2D eigenvalue weighted by Gasteiger charge is -2.08. The summed E-state index contributed by atoms with van der Waals surface area (Å²) in [5, 5.41) is 4.75. The number of aromatic nitrogens is 1. The number of nitrogens with one attached hydrogen (secondary N) is 1. The van der Waals surface area contributed by atoms with Gasteiger partial charge >= 0.3 is 0 Å². The predicted molar refractivity (Wildman–Crippen MR) is 72.5 cm³/mol. The van der Waals surface area contributed by atoms with Crippen molar-refractivity contribution in [3.05, 3.63) is 42.2 Å². The normalized spacial score (nSPS) is 12.4. The van der Waals surface area contributed by atoms with Gasteiger partial charge in [0.2, 0.25) is 0 Å². The molecule has 1 aromatic heterocycles. The summed E-state index contributed by atoms with van der Waals surface area (Å²) in [5.41, 5.74) is 0.483. The van der Waals surface area contributed by atoms with Gasteiger partial charge in [-0.25, -0.2) is 0 Å². The van der Waals surface area contributed by atoms with E-state index in [2.05, 4.69) is 26.2 Å². The summed E-state index contributed by atoms with van der Waals surface area (Å²) >= 11 is 3.39. The monoisotopic (exact) mass is 292 g/mol. The predicted octanol–water partition coefficient (Wildman–Crippen LogP) is 2.75. The number of pyridine rings is 1. The van der Waals surface area contributed by atoms with Crippen LogP contribution in [0.3, 0.4) is 0 Å². The molecule has 4 heteroatoms. The van der Waals surface area contributed by atoms with Crippen LogP contribution in [0.15, 0.2) is 36.5 Å². The third-order valence-corrected chi connectivity index (χ3v) is 2.76. The molecule has 2 rings (SSSR count). The lowest BCUT2D eigenvalue weighted by atomic mass is 10.1. The van der Waals surface area contributed by atoms with Crippen molar-refractivity contribution in [2.24, 2.45) is 0 Å². The quantitative estimate of drug-likeness (QED) is 0.884. The second-order valence-electron chi connectivity index (χ2n) is 3.87. The molecule has 1 N–H and O–H groups in total. The zero-order chi connectivity index (χ0) is 12.3. The Morgan fingerprint density at radius 1 is 1.41 bits per heavy atom. The van der Waals surface area contributed by atoms with Crippen LogP contribution in [0.1, 0.15) is 17.4 Å². The Labute approximate surface area is 108 Å². The fourth-order valence-corrected chi connectivity index (χ4v) is 1.78. The SMILES string of the molecule is CC(Br)CNC(=O)c1nccc2ccccc12. The largest absolute Gasteiger partial charge is 0.350 e. The van der Waals surface area contributed by atoms with Crippen LogP contribution < -0.4 is 5.32 Å². The summed E-state index contributed by atoms with van der Waals surface area (Å²) in [5.74, 6) is -0.131. The van der Waals surface area contributed by atoms with Gasteiger partial charge in [0.15, 0.2) is 0 Å². The fraction of sp³-hybridized carbons (Fsp3) is 0.231. The maximum absolute atomic E-state index is 12.0. The summed E-state index contributed by atoms with van der Waals surface area (Å²) in [6, 6.07) is 9.65. The minimum atomic E-state index is -0.131. The molecule has 2 aromatic rings. The first-order chi connectivity index (χ1) is 8.18. The summed E-state index contributed by atoms with van der Waals surface area (Å²) in [6.45, 7) is 2.57. The molecule has 1 unspecified atom stereocenters. The van der Waals surface area contributed by atoms with Gasteiger partial charge in [0.1, 0.15) is 5.69 Å². The van der Waals surface area contributed by atoms with E-state index >= 15 is 0 Å². The van der Waals surface area contributed by atoms with Gasteiger partial charge in [0.05, 0.1) is 0 Å². The first-order valence-electron chi connectivity index (χ1n) is 5.44. The van der Waals surface area contributed by atoms with Crippen LogP contribution in [0.25, 0.3) is 10.8 Å². The van der Waals surface area contributed by atoms with Crippen LogP contribution in [-0.4, -0.2) is 22.3 Å². The van der Waals surface area contributed by atoms with Crippen LogP contribution in [0.5, 0.6) is 0 Å². The average Bonchev–Trinajstić information content (AvgIpc) is 2.35. The molecule has 0 saturated heterocycles. The molecule has 1 aromatic carbocycles. The minimum absolute atomic E-state index is 0.131. The van der Waals surface area contributed by atoms with E-state index in [0.29, 0.717) is 12.2 Å². The molecule has 0 aliphatic heterocycles. The third kappa shape index (κ3) is 2.82. The van der Waals surface area contributed by atoms with Crippen LogP contribution in [0, 0.1) is 0 Å². The molecule has 0 saturated carbocycles. The second-order valence-corrected chi connectivity index (χ2v) is 5.43. The number of benzene rings is 1. The molecule has 3 nitrogen and oxygen atoms in total. The van der Waals surface area contributed by atoms with Crippen molar-refractivity contribution >= 4 is 32.6 Å². The van der Waals surface area contributed by atoms with E-state index in [1.807, 2.05) is 37.3 Å². The highest BCUT2D eigenvalue weighted by Gasteiger charge is 2.11. The van der Waals surface area contributed by atoms with Crippen LogP contribution in [-0.2, 0) is 0 Å². The van der Waals surface area contributed by atoms with Gasteiger partial charge in [0, 0.05) is 23.0 Å². The highest BCUT2D eigenvalue weighted by atomic mass is 79.9. The molecule has 1 amide bonds. The highest BCUT2D eigenvalue weighted by molar-refractivity contribution is 9.09. The standard InChI is InChI=1S/C13H13BrN2O/c1-9(14)8-16-13(17)12-11-5-3-2-4-10(11)6-7-15-12/h2-7,9H,8H2,1H3,(H,16,17). The second kappa shape index (κ2) is 5.27. The smallest absolute Gasteiger partial charge is 0.270 e. The van der Waals surface area contributed by atoms with Gasteiger partial charge in [-0.3, -0.25) is 9.78 Å². The molecule has 0 spiro atoms. The number of alkyl halides is 1. The number of hydrogen-bond acceptors (Lipinski definition) is 2. The lowest BCUT2D eigenvalue weighted by molar-refractivity contribution is 0.0951. The van der Waals surface area contributed by atoms with Crippen molar-refractivity contribution in [2.75, 3.05) is 6.54 Å². The summed E-state index contributed by atoms with van der Waals surface area (Å²) in [6.07, 6.45) is 1.66. The van der Waals surface area contributed by atoms with Crippen LogP contribution in [0.2, 0.25) is 0 Å². The fourth-order valence-electron chi connectivity index (χ4n) is 1.62. The molecule has 0 bridgehead atoms. The van der Waals surface area contributed by atoms with Gasteiger partial charge in [-0.2, -0.15) is 0 Å². The van der Waals surface area contributed by atoms with E-state index in [0.717, 1.165) is 10.8 Å². The van der Waals surface area contributed by atoms with E-state index in [1.54, 1.807) is 6.20 Å². The van der Waals surface area contributed by atoms with Gasteiger partial charge in [-0.15, -0.1) is 0 Å². The van der Waals surface area contributed by atoms with Crippen molar-refractivity contribution < 1.29 is 4.79 Å². The van der Waals surface area contributed by atoms with Crippen molar-refractivity contribution in [3.8, 4) is 0 Å². The topological polar surface area (TPSA) is 42.0 Å². The molecule has 88 valence electrons. The summed E-state index contributed by atoms with van der Waals surface area (Å²) in [7, 11) is 0. The van der Waals surface area contributed by atoms with Crippen LogP contribution >= 0.6 is 15.9 Å². The zero-order valence-corrected chi connectivity index (χ0v) is 11.1. The number of nitrogens with zero attached hydrogens (tertiary/aromatic N) is 1. The van der Waals surface area contributed by atoms with Gasteiger partial charge in [-0.1, -0.05) is 47.1 Å².